The second-order valence-corrected chi connectivity index (χ2v) is 6.95. The van der Waals surface area contributed by atoms with Crippen LogP contribution in [-0.2, 0) is 11.3 Å². The van der Waals surface area contributed by atoms with Crippen molar-refractivity contribution in [3.63, 3.8) is 0 Å². The molecule has 1 aliphatic heterocycles. The molecular weight excluding hydrogens is 282 g/mol. The van der Waals surface area contributed by atoms with Crippen LogP contribution in [0.1, 0.15) is 40.5 Å². The topological polar surface area (TPSA) is 72.3 Å². The standard InChI is InChI=1S/C15H27N5O2/c1-12(8-20-11-16-10-17-20)18-13-6-5-7-19(9-13)14(21)22-15(2,3)4/h10-13,18H,5-9H2,1-4H3/t12-,13+/m0/s1. The molecule has 1 aromatic heterocycles. The molecule has 1 saturated heterocycles. The molecule has 2 atom stereocenters. The third-order valence-electron chi connectivity index (χ3n) is 3.52. The predicted octanol–water partition coefficient (Wildman–Crippen LogP) is 1.66. The second kappa shape index (κ2) is 7.09. The predicted molar refractivity (Wildman–Crippen MR) is 83.4 cm³/mol. The number of aromatic nitrogens is 3. The first-order valence-electron chi connectivity index (χ1n) is 7.90. The van der Waals surface area contributed by atoms with Crippen molar-refractivity contribution in [2.75, 3.05) is 13.1 Å². The van der Waals surface area contributed by atoms with Crippen molar-refractivity contribution >= 4 is 6.09 Å². The van der Waals surface area contributed by atoms with Crippen LogP contribution in [0.15, 0.2) is 12.7 Å². The largest absolute Gasteiger partial charge is 0.444 e. The summed E-state index contributed by atoms with van der Waals surface area (Å²) < 4.78 is 7.26. The van der Waals surface area contributed by atoms with Gasteiger partial charge in [0, 0.05) is 25.2 Å². The SMILES string of the molecule is C[C@@H](Cn1cncn1)N[C@@H]1CCCN(C(=O)OC(C)(C)C)C1. The molecule has 7 nitrogen and oxygen atoms in total. The van der Waals surface area contributed by atoms with Gasteiger partial charge < -0.3 is 15.0 Å². The molecule has 1 amide bonds. The smallest absolute Gasteiger partial charge is 0.410 e. The van der Waals surface area contributed by atoms with Crippen LogP contribution in [0.5, 0.6) is 0 Å². The fourth-order valence-corrected chi connectivity index (χ4v) is 2.67. The van der Waals surface area contributed by atoms with Crippen molar-refractivity contribution in [1.82, 2.24) is 25.0 Å². The van der Waals surface area contributed by atoms with E-state index in [1.165, 1.54) is 6.33 Å². The van der Waals surface area contributed by atoms with E-state index in [0.717, 1.165) is 25.9 Å². The third kappa shape index (κ3) is 5.29. The van der Waals surface area contributed by atoms with Crippen LogP contribution in [0, 0.1) is 0 Å². The maximum Gasteiger partial charge on any atom is 0.410 e. The van der Waals surface area contributed by atoms with Crippen LogP contribution in [0.3, 0.4) is 0 Å². The van der Waals surface area contributed by atoms with Crippen LogP contribution in [0.4, 0.5) is 4.79 Å². The number of amides is 1. The summed E-state index contributed by atoms with van der Waals surface area (Å²) in [6.45, 7) is 10.0. The van der Waals surface area contributed by atoms with Crippen molar-refractivity contribution in [1.29, 1.82) is 0 Å². The van der Waals surface area contributed by atoms with Gasteiger partial charge in [0.2, 0.25) is 0 Å². The van der Waals surface area contributed by atoms with E-state index in [-0.39, 0.29) is 12.1 Å². The number of hydrogen-bond donors (Lipinski definition) is 1. The molecule has 7 heteroatoms. The van der Waals surface area contributed by atoms with Crippen molar-refractivity contribution < 1.29 is 9.53 Å². The van der Waals surface area contributed by atoms with Gasteiger partial charge in [-0.05, 0) is 40.5 Å². The normalized spacial score (nSPS) is 20.7. The summed E-state index contributed by atoms with van der Waals surface area (Å²) in [7, 11) is 0. The van der Waals surface area contributed by atoms with E-state index < -0.39 is 5.60 Å². The molecule has 1 fully saturated rings. The number of ether oxygens (including phenoxy) is 1. The highest BCUT2D eigenvalue weighted by Crippen LogP contribution is 2.15. The zero-order valence-electron chi connectivity index (χ0n) is 14.0. The number of carbonyl (C=O) groups is 1. The summed E-state index contributed by atoms with van der Waals surface area (Å²) in [4.78, 5) is 17.9. The Hall–Kier alpha value is -1.63. The van der Waals surface area contributed by atoms with Crippen molar-refractivity contribution in [2.45, 2.75) is 64.8 Å². The number of nitrogens with zero attached hydrogens (tertiary/aromatic N) is 4. The Morgan fingerprint density at radius 3 is 2.91 bits per heavy atom. The number of carbonyl (C=O) groups excluding carboxylic acids is 1. The van der Waals surface area contributed by atoms with E-state index >= 15 is 0 Å². The van der Waals surface area contributed by atoms with Gasteiger partial charge >= 0.3 is 6.09 Å². The minimum absolute atomic E-state index is 0.220. The number of likely N-dealkylation sites (tertiary alicyclic amines) is 1. The van der Waals surface area contributed by atoms with Gasteiger partial charge in [0.15, 0.2) is 0 Å². The number of hydrogen-bond acceptors (Lipinski definition) is 5. The van der Waals surface area contributed by atoms with E-state index in [4.69, 9.17) is 4.74 Å². The molecule has 0 radical (unpaired) electrons. The molecule has 1 aliphatic rings. The molecule has 1 aromatic rings. The van der Waals surface area contributed by atoms with Gasteiger partial charge in [0.25, 0.3) is 0 Å². The first kappa shape index (κ1) is 16.7. The van der Waals surface area contributed by atoms with Gasteiger partial charge in [-0.25, -0.2) is 9.78 Å². The fraction of sp³-hybridized carbons (Fsp3) is 0.800. The van der Waals surface area contributed by atoms with E-state index in [1.54, 1.807) is 11.2 Å². The summed E-state index contributed by atoms with van der Waals surface area (Å²) in [6, 6.07) is 0.560. The van der Waals surface area contributed by atoms with Gasteiger partial charge in [-0.1, -0.05) is 0 Å². The Kier molecular flexibility index (Phi) is 5.39. The van der Waals surface area contributed by atoms with Crippen molar-refractivity contribution in [3.8, 4) is 0 Å². The number of rotatable bonds is 4. The van der Waals surface area contributed by atoms with Crippen LogP contribution < -0.4 is 5.32 Å². The Bertz CT molecular complexity index is 469. The molecule has 124 valence electrons. The van der Waals surface area contributed by atoms with E-state index in [9.17, 15) is 4.79 Å². The molecule has 0 saturated carbocycles. The van der Waals surface area contributed by atoms with Crippen LogP contribution in [-0.4, -0.2) is 56.5 Å². The van der Waals surface area contributed by atoms with Gasteiger partial charge in [-0.2, -0.15) is 5.10 Å². The minimum atomic E-state index is -0.447. The monoisotopic (exact) mass is 309 g/mol. The summed E-state index contributed by atoms with van der Waals surface area (Å²) in [5, 5.41) is 7.68. The van der Waals surface area contributed by atoms with E-state index in [1.807, 2.05) is 25.5 Å². The van der Waals surface area contributed by atoms with Crippen LogP contribution in [0.2, 0.25) is 0 Å². The molecule has 2 heterocycles. The molecule has 0 unspecified atom stereocenters. The quantitative estimate of drug-likeness (QED) is 0.915. The second-order valence-electron chi connectivity index (χ2n) is 6.95. The Balaban J connectivity index is 1.81. The van der Waals surface area contributed by atoms with Gasteiger partial charge in [-0.15, -0.1) is 0 Å². The average Bonchev–Trinajstić information content (AvgIpc) is 2.89. The molecule has 1 N–H and O–H groups in total. The highest BCUT2D eigenvalue weighted by Gasteiger charge is 2.28. The lowest BCUT2D eigenvalue weighted by Crippen LogP contribution is -2.51. The molecular formula is C15H27N5O2. The zero-order valence-corrected chi connectivity index (χ0v) is 14.0. The summed E-state index contributed by atoms with van der Waals surface area (Å²) in [5.74, 6) is 0. The maximum absolute atomic E-state index is 12.2. The van der Waals surface area contributed by atoms with E-state index in [2.05, 4.69) is 22.3 Å². The van der Waals surface area contributed by atoms with Crippen LogP contribution >= 0.6 is 0 Å². The lowest BCUT2D eigenvalue weighted by atomic mass is 10.1. The van der Waals surface area contributed by atoms with E-state index in [0.29, 0.717) is 12.6 Å². The highest BCUT2D eigenvalue weighted by atomic mass is 16.6. The van der Waals surface area contributed by atoms with Gasteiger partial charge in [0.05, 0.1) is 6.54 Å². The molecule has 0 aliphatic carbocycles. The lowest BCUT2D eigenvalue weighted by Gasteiger charge is -2.35. The number of nitrogens with one attached hydrogen (secondary N) is 1. The fourth-order valence-electron chi connectivity index (χ4n) is 2.67. The molecule has 0 bridgehead atoms. The molecule has 2 rings (SSSR count). The molecule has 0 spiro atoms. The Morgan fingerprint density at radius 1 is 1.50 bits per heavy atom. The Labute approximate surface area is 132 Å². The van der Waals surface area contributed by atoms with Gasteiger partial charge in [0.1, 0.15) is 18.3 Å². The third-order valence-corrected chi connectivity index (χ3v) is 3.52. The van der Waals surface area contributed by atoms with Crippen molar-refractivity contribution in [3.05, 3.63) is 12.7 Å². The summed E-state index contributed by atoms with van der Waals surface area (Å²) >= 11 is 0. The first-order chi connectivity index (χ1) is 10.3. The van der Waals surface area contributed by atoms with Crippen molar-refractivity contribution in [2.24, 2.45) is 0 Å². The van der Waals surface area contributed by atoms with Gasteiger partial charge in [-0.3, -0.25) is 4.68 Å². The summed E-state index contributed by atoms with van der Waals surface area (Å²) in [5.41, 5.74) is -0.447. The highest BCUT2D eigenvalue weighted by molar-refractivity contribution is 5.68. The zero-order chi connectivity index (χ0) is 16.2. The minimum Gasteiger partial charge on any atom is -0.444 e. The summed E-state index contributed by atoms with van der Waals surface area (Å²) in [6.07, 6.45) is 5.10. The average molecular weight is 309 g/mol. The molecule has 22 heavy (non-hydrogen) atoms. The first-order valence-corrected chi connectivity index (χ1v) is 7.90. The number of piperidine rings is 1. The maximum atomic E-state index is 12.2. The lowest BCUT2D eigenvalue weighted by molar-refractivity contribution is 0.0183. The molecule has 0 aromatic carbocycles. The van der Waals surface area contributed by atoms with Crippen LogP contribution in [0.25, 0.3) is 0 Å². The Morgan fingerprint density at radius 2 is 2.27 bits per heavy atom.